The summed E-state index contributed by atoms with van der Waals surface area (Å²) in [6.45, 7) is 0.531. The summed E-state index contributed by atoms with van der Waals surface area (Å²) in [5, 5.41) is 1.38. The van der Waals surface area contributed by atoms with E-state index in [0.29, 0.717) is 23.0 Å². The molecule has 0 aromatic heterocycles. The van der Waals surface area contributed by atoms with E-state index >= 15 is 0 Å². The Bertz CT molecular complexity index is 486. The van der Waals surface area contributed by atoms with Crippen LogP contribution in [-0.4, -0.2) is 0 Å². The van der Waals surface area contributed by atoms with E-state index in [-0.39, 0.29) is 0 Å². The number of hydrogen-bond donors (Lipinski definition) is 1. The molecule has 0 aliphatic rings. The predicted molar refractivity (Wildman–Crippen MR) is 72.4 cm³/mol. The third kappa shape index (κ3) is 3.01. The van der Waals surface area contributed by atoms with E-state index in [1.54, 1.807) is 0 Å². The van der Waals surface area contributed by atoms with E-state index in [1.165, 1.54) is 0 Å². The standard InChI is InChI=1S/C14H12Cl2N/c15-13-2-1-3-14(16)12(13)8-10-4-6-11(9-17)7-5-10/h1-4,6-7H,8-9,17H2. The number of hydrogen-bond acceptors (Lipinski definition) is 1. The van der Waals surface area contributed by atoms with Crippen LogP contribution in [0.25, 0.3) is 0 Å². The fraction of sp³-hybridized carbons (Fsp3) is 0.143. The lowest BCUT2D eigenvalue weighted by molar-refractivity contribution is 1.06. The van der Waals surface area contributed by atoms with E-state index in [1.807, 2.05) is 36.4 Å². The lowest BCUT2D eigenvalue weighted by Gasteiger charge is -2.07. The molecule has 17 heavy (non-hydrogen) atoms. The molecule has 2 rings (SSSR count). The highest BCUT2D eigenvalue weighted by Gasteiger charge is 2.06. The topological polar surface area (TPSA) is 26.0 Å². The molecule has 87 valence electrons. The van der Waals surface area contributed by atoms with Crippen molar-refractivity contribution in [2.75, 3.05) is 0 Å². The molecule has 2 N–H and O–H groups in total. The molecule has 3 heteroatoms. The number of halogens is 2. The monoisotopic (exact) mass is 264 g/mol. The number of rotatable bonds is 3. The van der Waals surface area contributed by atoms with Gasteiger partial charge in [-0.15, -0.1) is 0 Å². The zero-order chi connectivity index (χ0) is 12.3. The van der Waals surface area contributed by atoms with E-state index in [2.05, 4.69) is 6.07 Å². The molecule has 0 aliphatic carbocycles. The van der Waals surface area contributed by atoms with Crippen LogP contribution in [0.4, 0.5) is 0 Å². The number of nitrogens with two attached hydrogens (primary N) is 1. The highest BCUT2D eigenvalue weighted by atomic mass is 35.5. The Labute approximate surface area is 111 Å². The first-order valence-electron chi connectivity index (χ1n) is 5.33. The predicted octanol–water partition coefficient (Wildman–Crippen LogP) is 3.84. The van der Waals surface area contributed by atoms with Gasteiger partial charge < -0.3 is 5.73 Å². The summed E-state index contributed by atoms with van der Waals surface area (Å²) < 4.78 is 0. The summed E-state index contributed by atoms with van der Waals surface area (Å²) in [7, 11) is 0. The van der Waals surface area contributed by atoms with Crippen molar-refractivity contribution in [1.29, 1.82) is 0 Å². The Morgan fingerprint density at radius 2 is 1.76 bits per heavy atom. The summed E-state index contributed by atoms with van der Waals surface area (Å²) in [5.74, 6) is 0. The highest BCUT2D eigenvalue weighted by Crippen LogP contribution is 2.26. The molecule has 0 heterocycles. The minimum Gasteiger partial charge on any atom is -0.326 e. The van der Waals surface area contributed by atoms with Crippen molar-refractivity contribution in [3.05, 3.63) is 69.2 Å². The maximum absolute atomic E-state index is 6.12. The van der Waals surface area contributed by atoms with Crippen molar-refractivity contribution in [2.24, 2.45) is 5.73 Å². The Hall–Kier alpha value is -1.02. The molecular formula is C14H12Cl2N. The lowest BCUT2D eigenvalue weighted by atomic mass is 10.0. The van der Waals surface area contributed by atoms with Gasteiger partial charge >= 0.3 is 0 Å². The summed E-state index contributed by atoms with van der Waals surface area (Å²) in [5.41, 5.74) is 8.60. The van der Waals surface area contributed by atoms with Crippen LogP contribution in [0.2, 0.25) is 10.0 Å². The van der Waals surface area contributed by atoms with Gasteiger partial charge in [0.25, 0.3) is 0 Å². The van der Waals surface area contributed by atoms with Crippen LogP contribution in [0.3, 0.4) is 0 Å². The molecule has 1 radical (unpaired) electrons. The van der Waals surface area contributed by atoms with Gasteiger partial charge in [0.1, 0.15) is 0 Å². The van der Waals surface area contributed by atoms with Gasteiger partial charge in [0.05, 0.1) is 0 Å². The van der Waals surface area contributed by atoms with E-state index in [4.69, 9.17) is 28.9 Å². The van der Waals surface area contributed by atoms with Crippen molar-refractivity contribution < 1.29 is 0 Å². The van der Waals surface area contributed by atoms with Crippen LogP contribution >= 0.6 is 23.2 Å². The van der Waals surface area contributed by atoms with Crippen molar-refractivity contribution in [3.8, 4) is 0 Å². The van der Waals surface area contributed by atoms with Gasteiger partial charge in [-0.2, -0.15) is 0 Å². The van der Waals surface area contributed by atoms with Crippen LogP contribution < -0.4 is 5.73 Å². The second-order valence-electron chi connectivity index (χ2n) is 3.80. The average Bonchev–Trinajstić information content (AvgIpc) is 2.35. The first kappa shape index (κ1) is 12.4. The van der Waals surface area contributed by atoms with E-state index < -0.39 is 0 Å². The molecule has 0 amide bonds. The Morgan fingerprint density at radius 3 is 2.29 bits per heavy atom. The molecule has 2 aromatic carbocycles. The molecule has 0 atom stereocenters. The highest BCUT2D eigenvalue weighted by molar-refractivity contribution is 6.36. The van der Waals surface area contributed by atoms with Gasteiger partial charge in [0, 0.05) is 23.0 Å². The van der Waals surface area contributed by atoms with Gasteiger partial charge in [0.15, 0.2) is 0 Å². The van der Waals surface area contributed by atoms with Gasteiger partial charge in [-0.3, -0.25) is 0 Å². The fourth-order valence-corrected chi connectivity index (χ4v) is 2.15. The molecule has 0 spiro atoms. The van der Waals surface area contributed by atoms with Crippen molar-refractivity contribution in [3.63, 3.8) is 0 Å². The van der Waals surface area contributed by atoms with Gasteiger partial charge in [-0.05, 0) is 41.0 Å². The van der Waals surface area contributed by atoms with Crippen molar-refractivity contribution >= 4 is 23.2 Å². The number of benzene rings is 2. The smallest absolute Gasteiger partial charge is 0.0456 e. The Kier molecular flexibility index (Phi) is 4.06. The first-order valence-corrected chi connectivity index (χ1v) is 6.08. The Morgan fingerprint density at radius 1 is 1.06 bits per heavy atom. The molecular weight excluding hydrogens is 253 g/mol. The SMILES string of the molecule is NCc1c[c]c(Cc2c(Cl)cccc2Cl)cc1. The van der Waals surface area contributed by atoms with Crippen LogP contribution in [0.5, 0.6) is 0 Å². The second-order valence-corrected chi connectivity index (χ2v) is 4.62. The molecule has 0 fully saturated rings. The van der Waals surface area contributed by atoms with Gasteiger partial charge in [-0.1, -0.05) is 41.4 Å². The molecule has 0 aliphatic heterocycles. The zero-order valence-electron chi connectivity index (χ0n) is 9.21. The molecule has 2 aromatic rings. The van der Waals surface area contributed by atoms with E-state index in [9.17, 15) is 0 Å². The maximum atomic E-state index is 6.12. The summed E-state index contributed by atoms with van der Waals surface area (Å²) >= 11 is 12.2. The molecule has 0 saturated heterocycles. The molecule has 0 unspecified atom stereocenters. The summed E-state index contributed by atoms with van der Waals surface area (Å²) in [6.07, 6.45) is 0.684. The zero-order valence-corrected chi connectivity index (χ0v) is 10.7. The van der Waals surface area contributed by atoms with Gasteiger partial charge in [0.2, 0.25) is 0 Å². The first-order chi connectivity index (χ1) is 8.20. The van der Waals surface area contributed by atoms with Crippen LogP contribution in [0.15, 0.2) is 36.4 Å². The molecule has 1 nitrogen and oxygen atoms in total. The molecule has 0 saturated carbocycles. The summed E-state index contributed by atoms with van der Waals surface area (Å²) in [4.78, 5) is 0. The average molecular weight is 265 g/mol. The summed E-state index contributed by atoms with van der Waals surface area (Å²) in [6, 6.07) is 14.6. The quantitative estimate of drug-likeness (QED) is 0.896. The minimum absolute atomic E-state index is 0.531. The van der Waals surface area contributed by atoms with Gasteiger partial charge in [-0.25, -0.2) is 0 Å². The third-order valence-electron chi connectivity index (χ3n) is 2.61. The van der Waals surface area contributed by atoms with Crippen LogP contribution in [0, 0.1) is 6.07 Å². The molecule has 0 bridgehead atoms. The van der Waals surface area contributed by atoms with Crippen molar-refractivity contribution in [1.82, 2.24) is 0 Å². The fourth-order valence-electron chi connectivity index (χ4n) is 1.62. The second kappa shape index (κ2) is 5.54. The minimum atomic E-state index is 0.531. The van der Waals surface area contributed by atoms with E-state index in [0.717, 1.165) is 16.7 Å². The van der Waals surface area contributed by atoms with Crippen LogP contribution in [-0.2, 0) is 13.0 Å². The maximum Gasteiger partial charge on any atom is 0.0456 e. The normalized spacial score (nSPS) is 10.5. The van der Waals surface area contributed by atoms with Crippen LogP contribution in [0.1, 0.15) is 16.7 Å². The Balaban J connectivity index is 2.25. The van der Waals surface area contributed by atoms with Crippen molar-refractivity contribution in [2.45, 2.75) is 13.0 Å². The third-order valence-corrected chi connectivity index (χ3v) is 3.31. The lowest BCUT2D eigenvalue weighted by Crippen LogP contribution is -1.97. The largest absolute Gasteiger partial charge is 0.326 e.